The Bertz CT molecular complexity index is 342. The SMILES string of the molecule is CC(CN)(Cc1ccc(F)cc1)NCCCCO. The first kappa shape index (κ1) is 15.1. The third-order valence-electron chi connectivity index (χ3n) is 3.09. The molecule has 3 nitrogen and oxygen atoms in total. The van der Waals surface area contributed by atoms with Crippen LogP contribution >= 0.6 is 0 Å². The molecule has 0 aliphatic heterocycles. The van der Waals surface area contributed by atoms with Crippen LogP contribution in [0.1, 0.15) is 25.3 Å². The minimum absolute atomic E-state index is 0.187. The van der Waals surface area contributed by atoms with Crippen LogP contribution in [-0.2, 0) is 6.42 Å². The van der Waals surface area contributed by atoms with Gasteiger partial charge in [-0.2, -0.15) is 0 Å². The Labute approximate surface area is 108 Å². The van der Waals surface area contributed by atoms with Gasteiger partial charge in [-0.15, -0.1) is 0 Å². The van der Waals surface area contributed by atoms with E-state index < -0.39 is 0 Å². The van der Waals surface area contributed by atoms with E-state index in [1.165, 1.54) is 12.1 Å². The molecule has 0 spiro atoms. The molecule has 0 heterocycles. The highest BCUT2D eigenvalue weighted by Gasteiger charge is 2.21. The Morgan fingerprint density at radius 3 is 2.50 bits per heavy atom. The molecular formula is C14H23FN2O. The lowest BCUT2D eigenvalue weighted by atomic mass is 9.92. The van der Waals surface area contributed by atoms with Crippen molar-refractivity contribution in [3.05, 3.63) is 35.6 Å². The number of nitrogens with one attached hydrogen (secondary N) is 1. The molecule has 1 aromatic carbocycles. The van der Waals surface area contributed by atoms with Crippen molar-refractivity contribution in [2.75, 3.05) is 19.7 Å². The number of halogens is 1. The third kappa shape index (κ3) is 5.12. The van der Waals surface area contributed by atoms with Crippen LogP contribution in [0.2, 0.25) is 0 Å². The number of benzene rings is 1. The van der Waals surface area contributed by atoms with Crippen LogP contribution in [0.3, 0.4) is 0 Å². The zero-order chi connectivity index (χ0) is 13.4. The van der Waals surface area contributed by atoms with E-state index in [9.17, 15) is 4.39 Å². The molecule has 0 radical (unpaired) electrons. The summed E-state index contributed by atoms with van der Waals surface area (Å²) < 4.78 is 12.8. The normalized spacial score (nSPS) is 14.4. The Balaban J connectivity index is 2.50. The van der Waals surface area contributed by atoms with E-state index >= 15 is 0 Å². The monoisotopic (exact) mass is 254 g/mol. The van der Waals surface area contributed by atoms with Crippen LogP contribution in [-0.4, -0.2) is 30.3 Å². The van der Waals surface area contributed by atoms with E-state index in [2.05, 4.69) is 12.2 Å². The highest BCUT2D eigenvalue weighted by molar-refractivity contribution is 5.18. The molecule has 18 heavy (non-hydrogen) atoms. The number of unbranched alkanes of at least 4 members (excludes halogenated alkanes) is 1. The van der Waals surface area contributed by atoms with Crippen LogP contribution in [0.25, 0.3) is 0 Å². The number of hydrogen-bond acceptors (Lipinski definition) is 3. The summed E-state index contributed by atoms with van der Waals surface area (Å²) in [4.78, 5) is 0. The number of hydrogen-bond donors (Lipinski definition) is 3. The van der Waals surface area contributed by atoms with E-state index in [4.69, 9.17) is 10.8 Å². The summed E-state index contributed by atoms with van der Waals surface area (Å²) in [6.07, 6.45) is 2.49. The molecule has 1 atom stereocenters. The van der Waals surface area contributed by atoms with Gasteiger partial charge in [0.15, 0.2) is 0 Å². The molecular weight excluding hydrogens is 231 g/mol. The summed E-state index contributed by atoms with van der Waals surface area (Å²) in [5.74, 6) is -0.218. The molecule has 1 unspecified atom stereocenters. The van der Waals surface area contributed by atoms with E-state index in [0.717, 1.165) is 31.4 Å². The van der Waals surface area contributed by atoms with Gasteiger partial charge in [-0.1, -0.05) is 12.1 Å². The van der Waals surface area contributed by atoms with Gasteiger partial charge in [0.2, 0.25) is 0 Å². The molecule has 0 saturated heterocycles. The molecule has 0 aromatic heterocycles. The zero-order valence-corrected chi connectivity index (χ0v) is 11.0. The fraction of sp³-hybridized carbons (Fsp3) is 0.571. The first-order valence-corrected chi connectivity index (χ1v) is 6.40. The van der Waals surface area contributed by atoms with Gasteiger partial charge in [-0.25, -0.2) is 4.39 Å². The lowest BCUT2D eigenvalue weighted by molar-refractivity contribution is 0.277. The van der Waals surface area contributed by atoms with Crippen molar-refractivity contribution in [2.24, 2.45) is 5.73 Å². The average molecular weight is 254 g/mol. The Kier molecular flexibility index (Phi) is 6.25. The molecule has 0 aliphatic rings. The maximum absolute atomic E-state index is 12.8. The van der Waals surface area contributed by atoms with Crippen molar-refractivity contribution in [1.29, 1.82) is 0 Å². The van der Waals surface area contributed by atoms with Gasteiger partial charge in [0.1, 0.15) is 5.82 Å². The molecule has 1 aromatic rings. The highest BCUT2D eigenvalue weighted by Crippen LogP contribution is 2.13. The van der Waals surface area contributed by atoms with Crippen LogP contribution in [0, 0.1) is 5.82 Å². The fourth-order valence-electron chi connectivity index (χ4n) is 1.89. The molecule has 0 amide bonds. The van der Waals surface area contributed by atoms with Gasteiger partial charge in [0.25, 0.3) is 0 Å². The maximum atomic E-state index is 12.8. The minimum Gasteiger partial charge on any atom is -0.396 e. The van der Waals surface area contributed by atoms with E-state index in [-0.39, 0.29) is 18.0 Å². The lowest BCUT2D eigenvalue weighted by Gasteiger charge is -2.30. The molecule has 1 rings (SSSR count). The molecule has 0 aliphatic carbocycles. The van der Waals surface area contributed by atoms with Gasteiger partial charge in [-0.3, -0.25) is 0 Å². The topological polar surface area (TPSA) is 58.3 Å². The minimum atomic E-state index is -0.218. The quantitative estimate of drug-likeness (QED) is 0.615. The second kappa shape index (κ2) is 7.46. The first-order chi connectivity index (χ1) is 8.59. The van der Waals surface area contributed by atoms with Crippen molar-refractivity contribution in [3.8, 4) is 0 Å². The Hall–Kier alpha value is -0.970. The second-order valence-electron chi connectivity index (χ2n) is 4.93. The van der Waals surface area contributed by atoms with Crippen LogP contribution < -0.4 is 11.1 Å². The van der Waals surface area contributed by atoms with Crippen LogP contribution in [0.5, 0.6) is 0 Å². The smallest absolute Gasteiger partial charge is 0.123 e. The van der Waals surface area contributed by atoms with Crippen molar-refractivity contribution < 1.29 is 9.50 Å². The van der Waals surface area contributed by atoms with Crippen LogP contribution in [0.4, 0.5) is 4.39 Å². The number of nitrogens with two attached hydrogens (primary N) is 1. The second-order valence-corrected chi connectivity index (χ2v) is 4.93. The van der Waals surface area contributed by atoms with Gasteiger partial charge >= 0.3 is 0 Å². The van der Waals surface area contributed by atoms with Crippen LogP contribution in [0.15, 0.2) is 24.3 Å². The molecule has 0 bridgehead atoms. The summed E-state index contributed by atoms with van der Waals surface area (Å²) in [6, 6.07) is 6.52. The molecule has 0 fully saturated rings. The number of aliphatic hydroxyl groups excluding tert-OH is 1. The molecule has 0 saturated carbocycles. The first-order valence-electron chi connectivity index (χ1n) is 6.40. The van der Waals surface area contributed by atoms with E-state index in [0.29, 0.717) is 6.54 Å². The predicted octanol–water partition coefficient (Wildman–Crippen LogP) is 1.45. The average Bonchev–Trinajstić information content (AvgIpc) is 2.38. The summed E-state index contributed by atoms with van der Waals surface area (Å²) in [5, 5.41) is 12.1. The molecule has 4 N–H and O–H groups in total. The van der Waals surface area contributed by atoms with Crippen molar-refractivity contribution in [3.63, 3.8) is 0 Å². The summed E-state index contributed by atoms with van der Waals surface area (Å²) >= 11 is 0. The Morgan fingerprint density at radius 1 is 1.28 bits per heavy atom. The van der Waals surface area contributed by atoms with Crippen molar-refractivity contribution >= 4 is 0 Å². The van der Waals surface area contributed by atoms with Gasteiger partial charge in [0, 0.05) is 18.7 Å². The zero-order valence-electron chi connectivity index (χ0n) is 11.0. The fourth-order valence-corrected chi connectivity index (χ4v) is 1.89. The van der Waals surface area contributed by atoms with Crippen molar-refractivity contribution in [2.45, 2.75) is 31.7 Å². The highest BCUT2D eigenvalue weighted by atomic mass is 19.1. The predicted molar refractivity (Wildman–Crippen MR) is 71.9 cm³/mol. The third-order valence-corrected chi connectivity index (χ3v) is 3.09. The Morgan fingerprint density at radius 2 is 1.94 bits per heavy atom. The summed E-state index contributed by atoms with van der Waals surface area (Å²) in [7, 11) is 0. The van der Waals surface area contributed by atoms with E-state index in [1.54, 1.807) is 12.1 Å². The molecule has 102 valence electrons. The number of rotatable bonds is 8. The van der Waals surface area contributed by atoms with Gasteiger partial charge in [0.05, 0.1) is 0 Å². The standard InChI is InChI=1S/C14H23FN2O/c1-14(11-16,17-8-2-3-9-18)10-12-4-6-13(15)7-5-12/h4-7,17-18H,2-3,8-11,16H2,1H3. The largest absolute Gasteiger partial charge is 0.396 e. The molecule has 4 heteroatoms. The van der Waals surface area contributed by atoms with Gasteiger partial charge in [-0.05, 0) is 50.4 Å². The lowest BCUT2D eigenvalue weighted by Crippen LogP contribution is -2.50. The summed E-state index contributed by atoms with van der Waals surface area (Å²) in [5.41, 5.74) is 6.69. The van der Waals surface area contributed by atoms with Gasteiger partial charge < -0.3 is 16.2 Å². The summed E-state index contributed by atoms with van der Waals surface area (Å²) in [6.45, 7) is 3.63. The number of aliphatic hydroxyl groups is 1. The van der Waals surface area contributed by atoms with E-state index in [1.807, 2.05) is 0 Å². The maximum Gasteiger partial charge on any atom is 0.123 e. The van der Waals surface area contributed by atoms with Crippen molar-refractivity contribution in [1.82, 2.24) is 5.32 Å².